The third-order valence-electron chi connectivity index (χ3n) is 5.82. The SMILES string of the molecule is O=S(=O)(c1cc2ccc(Cl)cc2s1)N1CCN(c2ncc(-c3ccccn3)cn2)C(CCO)C1. The average Bonchev–Trinajstić information content (AvgIpc) is 3.29. The van der Waals surface area contributed by atoms with Gasteiger partial charge in [-0.05, 0) is 42.1 Å². The molecule has 1 unspecified atom stereocenters. The minimum atomic E-state index is -3.68. The van der Waals surface area contributed by atoms with E-state index in [-0.39, 0.29) is 23.4 Å². The molecule has 1 aliphatic rings. The van der Waals surface area contributed by atoms with Crippen LogP contribution in [0.2, 0.25) is 5.02 Å². The maximum absolute atomic E-state index is 13.4. The summed E-state index contributed by atoms with van der Waals surface area (Å²) in [5.74, 6) is 0.506. The highest BCUT2D eigenvalue weighted by atomic mass is 35.5. The second-order valence-electron chi connectivity index (χ2n) is 7.96. The summed E-state index contributed by atoms with van der Waals surface area (Å²) in [6, 6.07) is 12.4. The van der Waals surface area contributed by atoms with Gasteiger partial charge in [-0.1, -0.05) is 23.7 Å². The predicted octanol–water partition coefficient (Wildman–Crippen LogP) is 3.67. The van der Waals surface area contributed by atoms with E-state index in [4.69, 9.17) is 11.6 Å². The maximum Gasteiger partial charge on any atom is 0.252 e. The van der Waals surface area contributed by atoms with Crippen LogP contribution in [-0.2, 0) is 10.0 Å². The molecule has 4 heterocycles. The van der Waals surface area contributed by atoms with Crippen molar-refractivity contribution in [2.45, 2.75) is 16.7 Å². The number of aliphatic hydroxyl groups is 1. The lowest BCUT2D eigenvalue weighted by atomic mass is 10.1. The number of benzene rings is 1. The van der Waals surface area contributed by atoms with Gasteiger partial charge >= 0.3 is 0 Å². The minimum absolute atomic E-state index is 0.0670. The van der Waals surface area contributed by atoms with Gasteiger partial charge in [0.2, 0.25) is 5.95 Å². The lowest BCUT2D eigenvalue weighted by molar-refractivity contribution is 0.244. The number of sulfonamides is 1. The van der Waals surface area contributed by atoms with Crippen LogP contribution < -0.4 is 4.90 Å². The summed E-state index contributed by atoms with van der Waals surface area (Å²) in [4.78, 5) is 15.3. The van der Waals surface area contributed by atoms with E-state index < -0.39 is 10.0 Å². The summed E-state index contributed by atoms with van der Waals surface area (Å²) < 4.78 is 29.4. The number of hydrogen-bond acceptors (Lipinski definition) is 8. The highest BCUT2D eigenvalue weighted by Crippen LogP contribution is 2.34. The molecule has 34 heavy (non-hydrogen) atoms. The lowest BCUT2D eigenvalue weighted by Gasteiger charge is -2.40. The molecule has 11 heteroatoms. The first-order chi connectivity index (χ1) is 16.5. The minimum Gasteiger partial charge on any atom is -0.396 e. The monoisotopic (exact) mass is 515 g/mol. The van der Waals surface area contributed by atoms with Gasteiger partial charge in [-0.25, -0.2) is 18.4 Å². The molecule has 1 aromatic carbocycles. The van der Waals surface area contributed by atoms with Crippen molar-refractivity contribution in [1.29, 1.82) is 0 Å². The zero-order valence-electron chi connectivity index (χ0n) is 18.1. The van der Waals surface area contributed by atoms with Crippen molar-refractivity contribution in [1.82, 2.24) is 19.3 Å². The standard InChI is InChI=1S/C23H22ClN5O3S2/c24-18-5-4-16-11-22(33-21(16)12-18)34(31,32)28-8-9-29(19(15-28)6-10-30)23-26-13-17(14-27-23)20-3-1-2-7-25-20/h1-5,7,11-14,19,30H,6,8-10,15H2. The van der Waals surface area contributed by atoms with Crippen molar-refractivity contribution in [3.63, 3.8) is 0 Å². The number of nitrogens with zero attached hydrogens (tertiary/aromatic N) is 5. The van der Waals surface area contributed by atoms with Crippen molar-refractivity contribution in [3.05, 3.63) is 66.1 Å². The second-order valence-corrected chi connectivity index (χ2v) is 11.6. The number of halogens is 1. The molecule has 1 atom stereocenters. The first-order valence-corrected chi connectivity index (χ1v) is 13.4. The highest BCUT2D eigenvalue weighted by Gasteiger charge is 2.36. The summed E-state index contributed by atoms with van der Waals surface area (Å²) in [6.07, 6.45) is 5.54. The van der Waals surface area contributed by atoms with Crippen LogP contribution in [-0.4, -0.2) is 65.1 Å². The van der Waals surface area contributed by atoms with Gasteiger partial charge in [0.1, 0.15) is 4.21 Å². The molecular formula is C23H22ClN5O3S2. The van der Waals surface area contributed by atoms with Crippen molar-refractivity contribution in [3.8, 4) is 11.3 Å². The highest BCUT2D eigenvalue weighted by molar-refractivity contribution is 7.91. The number of thiophene rings is 1. The Bertz CT molecular complexity index is 1400. The van der Waals surface area contributed by atoms with E-state index >= 15 is 0 Å². The van der Waals surface area contributed by atoms with Gasteiger partial charge in [0.05, 0.1) is 5.69 Å². The quantitative estimate of drug-likeness (QED) is 0.418. The third-order valence-corrected chi connectivity index (χ3v) is 9.46. The van der Waals surface area contributed by atoms with Crippen LogP contribution in [0.3, 0.4) is 0 Å². The number of rotatable bonds is 6. The van der Waals surface area contributed by atoms with Crippen LogP contribution in [0.1, 0.15) is 6.42 Å². The molecule has 0 radical (unpaired) electrons. The fourth-order valence-corrected chi connectivity index (χ4v) is 7.37. The molecule has 3 aromatic heterocycles. The molecule has 1 N–H and O–H groups in total. The third kappa shape index (κ3) is 4.51. The Morgan fingerprint density at radius 3 is 2.65 bits per heavy atom. The molecule has 176 valence electrons. The zero-order chi connectivity index (χ0) is 23.7. The molecule has 0 saturated carbocycles. The van der Waals surface area contributed by atoms with Crippen LogP contribution in [0.15, 0.2) is 65.3 Å². The molecule has 0 spiro atoms. The van der Waals surface area contributed by atoms with Gasteiger partial charge in [0.25, 0.3) is 10.0 Å². The van der Waals surface area contributed by atoms with Gasteiger partial charge in [0.15, 0.2) is 0 Å². The molecule has 1 fully saturated rings. The van der Waals surface area contributed by atoms with E-state index in [1.165, 1.54) is 15.6 Å². The predicted molar refractivity (Wildman–Crippen MR) is 134 cm³/mol. The Morgan fingerprint density at radius 1 is 1.09 bits per heavy atom. The van der Waals surface area contributed by atoms with Gasteiger partial charge in [-0.15, -0.1) is 11.3 Å². The number of fused-ring (bicyclic) bond motifs is 1. The van der Waals surface area contributed by atoms with Crippen LogP contribution in [0.5, 0.6) is 0 Å². The Hall–Kier alpha value is -2.63. The number of hydrogen-bond donors (Lipinski definition) is 1. The Morgan fingerprint density at radius 2 is 1.91 bits per heavy atom. The van der Waals surface area contributed by atoms with E-state index in [9.17, 15) is 13.5 Å². The van der Waals surface area contributed by atoms with Crippen molar-refractivity contribution >= 4 is 49.0 Å². The van der Waals surface area contributed by atoms with Gasteiger partial charge in [-0.2, -0.15) is 4.31 Å². The van der Waals surface area contributed by atoms with Crippen LogP contribution in [0.4, 0.5) is 5.95 Å². The van der Waals surface area contributed by atoms with E-state index in [0.29, 0.717) is 30.5 Å². The number of aromatic nitrogens is 3. The van der Waals surface area contributed by atoms with Gasteiger partial charge in [-0.3, -0.25) is 4.98 Å². The molecule has 0 amide bonds. The summed E-state index contributed by atoms with van der Waals surface area (Å²) in [7, 11) is -3.68. The van der Waals surface area contributed by atoms with Crippen LogP contribution >= 0.6 is 22.9 Å². The molecule has 8 nitrogen and oxygen atoms in total. The average molecular weight is 516 g/mol. The molecule has 5 rings (SSSR count). The Kier molecular flexibility index (Phi) is 6.50. The molecular weight excluding hydrogens is 494 g/mol. The van der Waals surface area contributed by atoms with Gasteiger partial charge < -0.3 is 10.0 Å². The van der Waals surface area contributed by atoms with Crippen LogP contribution in [0, 0.1) is 0 Å². The summed E-state index contributed by atoms with van der Waals surface area (Å²) in [5.41, 5.74) is 1.58. The fraction of sp³-hybridized carbons (Fsp3) is 0.261. The van der Waals surface area contributed by atoms with Gasteiger partial charge in [0, 0.05) is 66.2 Å². The van der Waals surface area contributed by atoms with Crippen molar-refractivity contribution in [2.24, 2.45) is 0 Å². The smallest absolute Gasteiger partial charge is 0.252 e. The largest absolute Gasteiger partial charge is 0.396 e. The first kappa shape index (κ1) is 23.1. The fourth-order valence-electron chi connectivity index (χ4n) is 4.07. The number of pyridine rings is 1. The molecule has 4 aromatic rings. The maximum atomic E-state index is 13.4. The van der Waals surface area contributed by atoms with Crippen molar-refractivity contribution < 1.29 is 13.5 Å². The van der Waals surface area contributed by atoms with E-state index in [1.807, 2.05) is 29.2 Å². The number of anilines is 1. The zero-order valence-corrected chi connectivity index (χ0v) is 20.5. The van der Waals surface area contributed by atoms with Crippen molar-refractivity contribution in [2.75, 3.05) is 31.1 Å². The summed E-state index contributed by atoms with van der Waals surface area (Å²) >= 11 is 7.28. The summed E-state index contributed by atoms with van der Waals surface area (Å²) in [5, 5.41) is 11.1. The summed E-state index contributed by atoms with van der Waals surface area (Å²) in [6.45, 7) is 0.889. The Labute approximate surface area is 206 Å². The lowest BCUT2D eigenvalue weighted by Crippen LogP contribution is -2.55. The normalized spacial score (nSPS) is 17.4. The van der Waals surface area contributed by atoms with Crippen LogP contribution in [0.25, 0.3) is 21.3 Å². The first-order valence-electron chi connectivity index (χ1n) is 10.8. The second kappa shape index (κ2) is 9.55. The molecule has 1 aliphatic heterocycles. The molecule has 0 aliphatic carbocycles. The van der Waals surface area contributed by atoms with E-state index in [1.54, 1.807) is 36.8 Å². The van der Waals surface area contributed by atoms with E-state index in [2.05, 4.69) is 15.0 Å². The van der Waals surface area contributed by atoms with E-state index in [0.717, 1.165) is 21.3 Å². The topological polar surface area (TPSA) is 99.5 Å². The molecule has 1 saturated heterocycles. The molecule has 0 bridgehead atoms. The number of piperazine rings is 1. The Balaban J connectivity index is 1.37. The number of aliphatic hydroxyl groups excluding tert-OH is 1.